The highest BCUT2D eigenvalue weighted by Gasteiger charge is 2.48. The molecule has 1 fully saturated rings. The lowest BCUT2D eigenvalue weighted by Gasteiger charge is -2.24. The summed E-state index contributed by atoms with van der Waals surface area (Å²) in [7, 11) is 0. The molecule has 0 radical (unpaired) electrons. The molecule has 0 amide bonds. The van der Waals surface area contributed by atoms with Gasteiger partial charge in [-0.15, -0.1) is 0 Å². The van der Waals surface area contributed by atoms with Crippen LogP contribution in [0.15, 0.2) is 0 Å². The third-order valence-corrected chi connectivity index (χ3v) is 2.53. The van der Waals surface area contributed by atoms with Crippen LogP contribution in [0.3, 0.4) is 0 Å². The highest BCUT2D eigenvalue weighted by atomic mass is 19.4. The van der Waals surface area contributed by atoms with Crippen LogP contribution >= 0.6 is 0 Å². The van der Waals surface area contributed by atoms with E-state index >= 15 is 0 Å². The van der Waals surface area contributed by atoms with Gasteiger partial charge < -0.3 is 9.84 Å². The summed E-state index contributed by atoms with van der Waals surface area (Å²) >= 11 is 0. The number of hydrogen-bond donors (Lipinski definition) is 1. The van der Waals surface area contributed by atoms with Crippen molar-refractivity contribution >= 4 is 5.97 Å². The molecule has 0 spiro atoms. The maximum Gasteiger partial charge on any atom is 0.394 e. The van der Waals surface area contributed by atoms with E-state index in [9.17, 15) is 18.0 Å². The first-order valence-electron chi connectivity index (χ1n) is 4.74. The zero-order valence-corrected chi connectivity index (χ0v) is 8.25. The molecule has 88 valence electrons. The van der Waals surface area contributed by atoms with Gasteiger partial charge in [0.15, 0.2) is 0 Å². The Hall–Kier alpha value is -0.780. The molecule has 15 heavy (non-hydrogen) atoms. The number of rotatable bonds is 3. The number of carbonyl (C=O) groups is 1. The molecular weight excluding hydrogens is 213 g/mol. The second-order valence-electron chi connectivity index (χ2n) is 3.81. The monoisotopic (exact) mass is 226 g/mol. The summed E-state index contributed by atoms with van der Waals surface area (Å²) in [5.41, 5.74) is 0. The van der Waals surface area contributed by atoms with Gasteiger partial charge in [0, 0.05) is 0 Å². The van der Waals surface area contributed by atoms with E-state index in [0.29, 0.717) is 6.42 Å². The van der Waals surface area contributed by atoms with Crippen molar-refractivity contribution in [3.63, 3.8) is 0 Å². The molecule has 0 aromatic heterocycles. The molecule has 0 saturated carbocycles. The second kappa shape index (κ2) is 4.38. The molecule has 3 atom stereocenters. The summed E-state index contributed by atoms with van der Waals surface area (Å²) in [4.78, 5) is 10.3. The van der Waals surface area contributed by atoms with Gasteiger partial charge >= 0.3 is 12.1 Å². The number of carboxylic acids is 1. The van der Waals surface area contributed by atoms with Crippen molar-refractivity contribution in [3.05, 3.63) is 0 Å². The molecule has 3 nitrogen and oxygen atoms in total. The van der Waals surface area contributed by atoms with Gasteiger partial charge in [-0.25, -0.2) is 0 Å². The molecule has 1 rings (SSSR count). The molecular formula is C9H13F3O3. The number of halogens is 3. The van der Waals surface area contributed by atoms with Crippen molar-refractivity contribution in [2.24, 2.45) is 5.92 Å². The molecule has 6 heteroatoms. The number of alkyl halides is 3. The Kier molecular flexibility index (Phi) is 3.59. The Labute approximate surface area is 85.2 Å². The van der Waals surface area contributed by atoms with Crippen LogP contribution in [0.5, 0.6) is 0 Å². The van der Waals surface area contributed by atoms with Crippen LogP contribution in [0.25, 0.3) is 0 Å². The normalized spacial score (nSPS) is 29.1. The molecule has 1 aliphatic heterocycles. The number of aliphatic carboxylic acids is 1. The fraction of sp³-hybridized carbons (Fsp3) is 0.889. The lowest BCUT2D eigenvalue weighted by atomic mass is 9.95. The highest BCUT2D eigenvalue weighted by molar-refractivity contribution is 5.67. The first-order valence-corrected chi connectivity index (χ1v) is 4.74. The van der Waals surface area contributed by atoms with E-state index in [1.165, 1.54) is 0 Å². The van der Waals surface area contributed by atoms with Gasteiger partial charge in [-0.05, 0) is 19.8 Å². The van der Waals surface area contributed by atoms with E-state index in [0.717, 1.165) is 0 Å². The lowest BCUT2D eigenvalue weighted by molar-refractivity contribution is -0.209. The summed E-state index contributed by atoms with van der Waals surface area (Å²) in [6, 6.07) is 0. The molecule has 0 aromatic rings. The fourth-order valence-corrected chi connectivity index (χ4v) is 1.78. The summed E-state index contributed by atoms with van der Waals surface area (Å²) in [6.07, 6.45) is -5.81. The molecule has 1 N–H and O–H groups in total. The van der Waals surface area contributed by atoms with Gasteiger partial charge in [0.1, 0.15) is 0 Å². The van der Waals surface area contributed by atoms with Gasteiger partial charge in [0.2, 0.25) is 0 Å². The Balaban J connectivity index is 2.68. The first kappa shape index (κ1) is 12.3. The first-order chi connectivity index (χ1) is 6.80. The van der Waals surface area contributed by atoms with Crippen LogP contribution in [0, 0.1) is 5.92 Å². The van der Waals surface area contributed by atoms with E-state index in [-0.39, 0.29) is 12.5 Å². The quantitative estimate of drug-likeness (QED) is 0.802. The largest absolute Gasteiger partial charge is 0.481 e. The van der Waals surface area contributed by atoms with Crippen molar-refractivity contribution in [1.82, 2.24) is 0 Å². The van der Waals surface area contributed by atoms with Crippen LogP contribution < -0.4 is 0 Å². The van der Waals surface area contributed by atoms with Crippen LogP contribution in [-0.2, 0) is 9.53 Å². The van der Waals surface area contributed by atoms with Crippen LogP contribution in [-0.4, -0.2) is 29.5 Å². The summed E-state index contributed by atoms with van der Waals surface area (Å²) in [5, 5.41) is 8.42. The summed E-state index contributed by atoms with van der Waals surface area (Å²) in [5.74, 6) is -3.33. The molecule has 1 saturated heterocycles. The van der Waals surface area contributed by atoms with Crippen molar-refractivity contribution in [1.29, 1.82) is 0 Å². The number of hydrogen-bond acceptors (Lipinski definition) is 2. The third-order valence-electron chi connectivity index (χ3n) is 2.53. The van der Waals surface area contributed by atoms with Crippen LogP contribution in [0.2, 0.25) is 0 Å². The van der Waals surface area contributed by atoms with E-state index in [1.54, 1.807) is 6.92 Å². The van der Waals surface area contributed by atoms with Gasteiger partial charge in [-0.2, -0.15) is 13.2 Å². The van der Waals surface area contributed by atoms with E-state index in [1.807, 2.05) is 0 Å². The van der Waals surface area contributed by atoms with E-state index < -0.39 is 30.6 Å². The van der Waals surface area contributed by atoms with E-state index in [2.05, 4.69) is 0 Å². The minimum absolute atomic E-state index is 0.214. The van der Waals surface area contributed by atoms with Crippen LogP contribution in [0.1, 0.15) is 26.2 Å². The SMILES string of the molecule is CC1CCC(C(CC(=O)O)C(F)(F)F)O1. The third kappa shape index (κ3) is 3.37. The Morgan fingerprint density at radius 2 is 2.13 bits per heavy atom. The molecule has 1 aliphatic rings. The minimum Gasteiger partial charge on any atom is -0.481 e. The standard InChI is InChI=1S/C9H13F3O3/c1-5-2-3-7(15-5)6(4-8(13)14)9(10,11)12/h5-7H,2-4H2,1H3,(H,13,14). The zero-order valence-electron chi connectivity index (χ0n) is 8.25. The molecule has 3 unspecified atom stereocenters. The minimum atomic E-state index is -4.51. The maximum atomic E-state index is 12.5. The Morgan fingerprint density at radius 3 is 2.47 bits per heavy atom. The number of carboxylic acid groups (broad SMARTS) is 1. The Morgan fingerprint density at radius 1 is 1.53 bits per heavy atom. The van der Waals surface area contributed by atoms with E-state index in [4.69, 9.17) is 9.84 Å². The highest BCUT2D eigenvalue weighted by Crippen LogP contribution is 2.38. The molecule has 0 bridgehead atoms. The Bertz CT molecular complexity index is 239. The maximum absolute atomic E-state index is 12.5. The second-order valence-corrected chi connectivity index (χ2v) is 3.81. The average Bonchev–Trinajstić information content (AvgIpc) is 2.45. The molecule has 0 aromatic carbocycles. The fourth-order valence-electron chi connectivity index (χ4n) is 1.78. The summed E-state index contributed by atoms with van der Waals surface area (Å²) in [6.45, 7) is 1.69. The lowest BCUT2D eigenvalue weighted by Crippen LogP contribution is -2.36. The van der Waals surface area contributed by atoms with Crippen molar-refractivity contribution in [2.75, 3.05) is 0 Å². The zero-order chi connectivity index (χ0) is 11.6. The van der Waals surface area contributed by atoms with Crippen molar-refractivity contribution < 1.29 is 27.8 Å². The van der Waals surface area contributed by atoms with Gasteiger partial charge in [0.25, 0.3) is 0 Å². The predicted molar refractivity (Wildman–Crippen MR) is 45.4 cm³/mol. The van der Waals surface area contributed by atoms with Crippen molar-refractivity contribution in [3.8, 4) is 0 Å². The molecule has 1 heterocycles. The topological polar surface area (TPSA) is 46.5 Å². The molecule has 0 aliphatic carbocycles. The average molecular weight is 226 g/mol. The van der Waals surface area contributed by atoms with Gasteiger partial charge in [-0.3, -0.25) is 4.79 Å². The predicted octanol–water partition coefficient (Wildman–Crippen LogP) is 2.21. The number of ether oxygens (including phenoxy) is 1. The smallest absolute Gasteiger partial charge is 0.394 e. The van der Waals surface area contributed by atoms with Crippen LogP contribution in [0.4, 0.5) is 13.2 Å². The van der Waals surface area contributed by atoms with Crippen molar-refractivity contribution in [2.45, 2.75) is 44.6 Å². The van der Waals surface area contributed by atoms with Gasteiger partial charge in [-0.1, -0.05) is 0 Å². The summed E-state index contributed by atoms with van der Waals surface area (Å²) < 4.78 is 42.6. The van der Waals surface area contributed by atoms with Gasteiger partial charge in [0.05, 0.1) is 24.5 Å².